The number of benzene rings is 1. The largest absolute Gasteiger partial charge is 0.381 e. The topological polar surface area (TPSA) is 92.9 Å². The van der Waals surface area contributed by atoms with Crippen molar-refractivity contribution in [1.29, 1.82) is 0 Å². The molecule has 10 heteroatoms. The molecule has 2 fully saturated rings. The van der Waals surface area contributed by atoms with Gasteiger partial charge >= 0.3 is 0 Å². The van der Waals surface area contributed by atoms with Gasteiger partial charge in [-0.3, -0.25) is 4.79 Å². The fourth-order valence-electron chi connectivity index (χ4n) is 3.17. The number of nitrogens with two attached hydrogens (primary N) is 1. The van der Waals surface area contributed by atoms with E-state index in [0.717, 1.165) is 0 Å². The van der Waals surface area contributed by atoms with Gasteiger partial charge in [-0.1, -0.05) is 17.7 Å². The van der Waals surface area contributed by atoms with Crippen LogP contribution in [0.2, 0.25) is 5.02 Å². The van der Waals surface area contributed by atoms with Crippen LogP contribution >= 0.6 is 24.0 Å². The molecule has 1 aromatic carbocycles. The van der Waals surface area contributed by atoms with Crippen LogP contribution in [0.4, 0.5) is 0 Å². The number of nitrogens with zero attached hydrogens (tertiary/aromatic N) is 2. The van der Waals surface area contributed by atoms with E-state index in [1.54, 1.807) is 17.0 Å². The molecule has 2 saturated heterocycles. The molecular formula is C16H23Cl2N3O4S. The van der Waals surface area contributed by atoms with E-state index >= 15 is 0 Å². The zero-order valence-corrected chi connectivity index (χ0v) is 16.7. The Morgan fingerprint density at radius 3 is 2.35 bits per heavy atom. The molecule has 26 heavy (non-hydrogen) atoms. The van der Waals surface area contributed by atoms with Gasteiger partial charge in [-0.05, 0) is 31.0 Å². The summed E-state index contributed by atoms with van der Waals surface area (Å²) in [6.45, 7) is 2.11. The second-order valence-corrected chi connectivity index (χ2v) is 8.80. The van der Waals surface area contributed by atoms with Gasteiger partial charge in [-0.25, -0.2) is 8.42 Å². The summed E-state index contributed by atoms with van der Waals surface area (Å²) in [7, 11) is -3.61. The van der Waals surface area contributed by atoms with Crippen LogP contribution in [-0.2, 0) is 19.6 Å². The lowest BCUT2D eigenvalue weighted by molar-refractivity contribution is -0.141. The second kappa shape index (κ2) is 8.41. The lowest BCUT2D eigenvalue weighted by atomic mass is 9.89. The number of piperazine rings is 1. The number of carbonyl (C=O) groups excluding carboxylic acids is 1. The Balaban J connectivity index is 0.00000243. The van der Waals surface area contributed by atoms with Crippen LogP contribution in [0, 0.1) is 0 Å². The van der Waals surface area contributed by atoms with Crippen molar-refractivity contribution in [3.63, 3.8) is 0 Å². The minimum absolute atomic E-state index is 0. The van der Waals surface area contributed by atoms with E-state index in [2.05, 4.69) is 0 Å². The molecule has 3 rings (SSSR count). The molecule has 2 N–H and O–H groups in total. The number of hydrogen-bond acceptors (Lipinski definition) is 5. The number of rotatable bonds is 3. The summed E-state index contributed by atoms with van der Waals surface area (Å²) >= 11 is 5.90. The Morgan fingerprint density at radius 1 is 1.15 bits per heavy atom. The summed E-state index contributed by atoms with van der Waals surface area (Å²) in [6.07, 6.45) is 0.986. The minimum Gasteiger partial charge on any atom is -0.381 e. The van der Waals surface area contributed by atoms with Gasteiger partial charge in [0.1, 0.15) is 0 Å². The number of ether oxygens (including phenoxy) is 1. The molecule has 0 aromatic heterocycles. The SMILES string of the molecule is Cl.NC1(C(=O)N2CCN(S(=O)(=O)c3cccc(Cl)c3)CC2)CCOCC1. The fraction of sp³-hybridized carbons (Fsp3) is 0.562. The molecule has 2 aliphatic heterocycles. The third kappa shape index (κ3) is 4.32. The average molecular weight is 424 g/mol. The van der Waals surface area contributed by atoms with Gasteiger partial charge < -0.3 is 15.4 Å². The molecular weight excluding hydrogens is 401 g/mol. The first-order chi connectivity index (χ1) is 11.8. The van der Waals surface area contributed by atoms with E-state index < -0.39 is 15.6 Å². The lowest BCUT2D eigenvalue weighted by Gasteiger charge is -2.40. The maximum Gasteiger partial charge on any atom is 0.243 e. The van der Waals surface area contributed by atoms with E-state index in [1.165, 1.54) is 16.4 Å². The Bertz CT molecular complexity index is 746. The van der Waals surface area contributed by atoms with Crippen LogP contribution in [0.15, 0.2) is 29.2 Å². The molecule has 1 amide bonds. The number of carbonyl (C=O) groups is 1. The van der Waals surface area contributed by atoms with E-state index in [4.69, 9.17) is 22.1 Å². The van der Waals surface area contributed by atoms with Crippen LogP contribution < -0.4 is 5.73 Å². The highest BCUT2D eigenvalue weighted by atomic mass is 35.5. The molecule has 0 unspecified atom stereocenters. The summed E-state index contributed by atoms with van der Waals surface area (Å²) in [4.78, 5) is 14.5. The van der Waals surface area contributed by atoms with Gasteiger partial charge in [0, 0.05) is 44.4 Å². The third-order valence-corrected chi connectivity index (χ3v) is 6.90. The van der Waals surface area contributed by atoms with E-state index in [9.17, 15) is 13.2 Å². The van der Waals surface area contributed by atoms with Crippen molar-refractivity contribution in [3.05, 3.63) is 29.3 Å². The van der Waals surface area contributed by atoms with E-state index in [0.29, 0.717) is 44.2 Å². The van der Waals surface area contributed by atoms with Crippen LogP contribution in [0.1, 0.15) is 12.8 Å². The number of sulfonamides is 1. The summed E-state index contributed by atoms with van der Waals surface area (Å²) in [5.74, 6) is -0.115. The molecule has 146 valence electrons. The van der Waals surface area contributed by atoms with Crippen molar-refractivity contribution in [2.24, 2.45) is 5.73 Å². The van der Waals surface area contributed by atoms with Crippen LogP contribution in [0.5, 0.6) is 0 Å². The Hall–Kier alpha value is -0.900. The maximum absolute atomic E-state index is 12.7. The highest BCUT2D eigenvalue weighted by Gasteiger charge is 2.40. The Kier molecular flexibility index (Phi) is 6.92. The van der Waals surface area contributed by atoms with E-state index in [1.807, 2.05) is 0 Å². The quantitative estimate of drug-likeness (QED) is 0.785. The van der Waals surface area contributed by atoms with Crippen molar-refractivity contribution in [2.75, 3.05) is 39.4 Å². The fourth-order valence-corrected chi connectivity index (χ4v) is 4.90. The minimum atomic E-state index is -3.61. The smallest absolute Gasteiger partial charge is 0.243 e. The normalized spacial score (nSPS) is 21.1. The van der Waals surface area contributed by atoms with Crippen LogP contribution in [-0.4, -0.2) is 68.5 Å². The standard InChI is InChI=1S/C16H22ClN3O4S.ClH/c17-13-2-1-3-14(12-13)25(22,23)20-8-6-19(7-9-20)15(21)16(18)4-10-24-11-5-16;/h1-3,12H,4-11,18H2;1H. The van der Waals surface area contributed by atoms with Crippen molar-refractivity contribution in [2.45, 2.75) is 23.3 Å². The number of amides is 1. The van der Waals surface area contributed by atoms with Gasteiger partial charge in [0.25, 0.3) is 0 Å². The Morgan fingerprint density at radius 2 is 1.77 bits per heavy atom. The van der Waals surface area contributed by atoms with Crippen molar-refractivity contribution in [3.8, 4) is 0 Å². The molecule has 0 aliphatic carbocycles. The Labute approximate surface area is 164 Å². The average Bonchev–Trinajstić information content (AvgIpc) is 2.62. The predicted octanol–water partition coefficient (Wildman–Crippen LogP) is 1.10. The summed E-state index contributed by atoms with van der Waals surface area (Å²) in [6, 6.07) is 6.20. The summed E-state index contributed by atoms with van der Waals surface area (Å²) in [5, 5.41) is 0.375. The first kappa shape index (κ1) is 21.4. The lowest BCUT2D eigenvalue weighted by Crippen LogP contribution is -2.61. The number of halogens is 2. The first-order valence-corrected chi connectivity index (χ1v) is 10.1. The second-order valence-electron chi connectivity index (χ2n) is 6.42. The molecule has 7 nitrogen and oxygen atoms in total. The number of hydrogen-bond donors (Lipinski definition) is 1. The van der Waals surface area contributed by atoms with Crippen molar-refractivity contribution in [1.82, 2.24) is 9.21 Å². The summed E-state index contributed by atoms with van der Waals surface area (Å²) in [5.41, 5.74) is 5.35. The predicted molar refractivity (Wildman–Crippen MR) is 101 cm³/mol. The van der Waals surface area contributed by atoms with Crippen molar-refractivity contribution >= 4 is 39.9 Å². The zero-order chi connectivity index (χ0) is 18.1. The van der Waals surface area contributed by atoms with Gasteiger partial charge in [0.05, 0.1) is 10.4 Å². The van der Waals surface area contributed by atoms with Crippen LogP contribution in [0.25, 0.3) is 0 Å². The molecule has 2 heterocycles. The molecule has 0 spiro atoms. The molecule has 0 saturated carbocycles. The van der Waals surface area contributed by atoms with E-state index in [-0.39, 0.29) is 36.3 Å². The summed E-state index contributed by atoms with van der Waals surface area (Å²) < 4.78 is 32.1. The first-order valence-electron chi connectivity index (χ1n) is 8.25. The van der Waals surface area contributed by atoms with Gasteiger partial charge in [-0.2, -0.15) is 4.31 Å². The van der Waals surface area contributed by atoms with Gasteiger partial charge in [0.15, 0.2) is 0 Å². The van der Waals surface area contributed by atoms with Crippen molar-refractivity contribution < 1.29 is 17.9 Å². The third-order valence-electron chi connectivity index (χ3n) is 4.77. The molecule has 1 aromatic rings. The van der Waals surface area contributed by atoms with Gasteiger partial charge in [-0.15, -0.1) is 12.4 Å². The molecule has 0 atom stereocenters. The van der Waals surface area contributed by atoms with Crippen LogP contribution in [0.3, 0.4) is 0 Å². The molecule has 0 radical (unpaired) electrons. The van der Waals surface area contributed by atoms with Gasteiger partial charge in [0.2, 0.25) is 15.9 Å². The molecule has 0 bridgehead atoms. The monoisotopic (exact) mass is 423 g/mol. The highest BCUT2D eigenvalue weighted by Crippen LogP contribution is 2.24. The maximum atomic E-state index is 12.7. The zero-order valence-electron chi connectivity index (χ0n) is 14.3. The molecule has 2 aliphatic rings. The highest BCUT2D eigenvalue weighted by molar-refractivity contribution is 7.89.